The van der Waals surface area contributed by atoms with E-state index in [2.05, 4.69) is 16.3 Å². The summed E-state index contributed by atoms with van der Waals surface area (Å²) in [5, 5.41) is 12.3. The topological polar surface area (TPSA) is 82.4 Å². The van der Waals surface area contributed by atoms with E-state index in [1.807, 2.05) is 6.92 Å². The molecule has 2 rings (SSSR count). The Balaban J connectivity index is 1.90. The van der Waals surface area contributed by atoms with Crippen LogP contribution < -0.4 is 5.32 Å². The van der Waals surface area contributed by atoms with Crippen LogP contribution in [0.1, 0.15) is 65.2 Å². The van der Waals surface area contributed by atoms with Crippen molar-refractivity contribution in [1.29, 1.82) is 5.26 Å². The van der Waals surface area contributed by atoms with Gasteiger partial charge in [0.05, 0.1) is 6.07 Å². The van der Waals surface area contributed by atoms with E-state index >= 15 is 0 Å². The SMILES string of the molecule is CCN1CCCCC1C(=O)OC(C)C(=O)NC1(C#N)CCCCC1. The number of carbonyl (C=O) groups is 2. The fraction of sp³-hybridized carbons (Fsp3) is 0.833. The molecule has 0 aromatic carbocycles. The molecule has 2 unspecified atom stereocenters. The fourth-order valence-electron chi connectivity index (χ4n) is 3.70. The van der Waals surface area contributed by atoms with Gasteiger partial charge in [0.2, 0.25) is 0 Å². The molecule has 1 saturated heterocycles. The number of nitrogens with zero attached hydrogens (tertiary/aromatic N) is 2. The van der Waals surface area contributed by atoms with Crippen LogP contribution in [0.4, 0.5) is 0 Å². The highest BCUT2D eigenvalue weighted by atomic mass is 16.5. The van der Waals surface area contributed by atoms with Crippen molar-refractivity contribution in [2.75, 3.05) is 13.1 Å². The summed E-state index contributed by atoms with van der Waals surface area (Å²) in [5.41, 5.74) is -0.795. The van der Waals surface area contributed by atoms with Gasteiger partial charge in [0, 0.05) is 0 Å². The number of likely N-dealkylation sites (tertiary alicyclic amines) is 1. The lowest BCUT2D eigenvalue weighted by Crippen LogP contribution is -2.53. The van der Waals surface area contributed by atoms with Crippen LogP contribution in [0.3, 0.4) is 0 Å². The molecule has 2 atom stereocenters. The Kier molecular flexibility index (Phi) is 6.61. The predicted octanol–water partition coefficient (Wildman–Crippen LogP) is 2.14. The second-order valence-corrected chi connectivity index (χ2v) is 6.96. The highest BCUT2D eigenvalue weighted by molar-refractivity contribution is 5.85. The van der Waals surface area contributed by atoms with Crippen LogP contribution in [-0.2, 0) is 14.3 Å². The summed E-state index contributed by atoms with van der Waals surface area (Å²) < 4.78 is 5.41. The molecule has 1 aliphatic carbocycles. The number of nitrogens with one attached hydrogen (secondary N) is 1. The first-order valence-electron chi connectivity index (χ1n) is 9.19. The van der Waals surface area contributed by atoms with Crippen molar-refractivity contribution < 1.29 is 14.3 Å². The van der Waals surface area contributed by atoms with Crippen molar-refractivity contribution in [3.8, 4) is 6.07 Å². The summed E-state index contributed by atoms with van der Waals surface area (Å²) >= 11 is 0. The summed E-state index contributed by atoms with van der Waals surface area (Å²) in [6.45, 7) is 5.31. The quantitative estimate of drug-likeness (QED) is 0.778. The van der Waals surface area contributed by atoms with E-state index in [1.165, 1.54) is 0 Å². The smallest absolute Gasteiger partial charge is 0.324 e. The average molecular weight is 335 g/mol. The minimum absolute atomic E-state index is 0.251. The maximum atomic E-state index is 12.4. The molecule has 1 amide bonds. The first-order valence-corrected chi connectivity index (χ1v) is 9.19. The number of hydrogen-bond acceptors (Lipinski definition) is 5. The van der Waals surface area contributed by atoms with Crippen LogP contribution in [0, 0.1) is 11.3 Å². The van der Waals surface area contributed by atoms with Crippen LogP contribution >= 0.6 is 0 Å². The first-order chi connectivity index (χ1) is 11.5. The number of carbonyl (C=O) groups excluding carboxylic acids is 2. The Hall–Kier alpha value is -1.61. The Bertz CT molecular complexity index is 494. The van der Waals surface area contributed by atoms with Gasteiger partial charge in [-0.25, -0.2) is 0 Å². The molecule has 6 nitrogen and oxygen atoms in total. The summed E-state index contributed by atoms with van der Waals surface area (Å²) in [6.07, 6.45) is 6.33. The molecule has 2 aliphatic rings. The molecule has 0 spiro atoms. The van der Waals surface area contributed by atoms with Crippen molar-refractivity contribution >= 4 is 11.9 Å². The molecular formula is C18H29N3O3. The van der Waals surface area contributed by atoms with Crippen molar-refractivity contribution in [1.82, 2.24) is 10.2 Å². The van der Waals surface area contributed by atoms with Gasteiger partial charge in [-0.2, -0.15) is 5.26 Å². The van der Waals surface area contributed by atoms with Gasteiger partial charge in [0.1, 0.15) is 11.6 Å². The molecule has 2 fully saturated rings. The molecule has 24 heavy (non-hydrogen) atoms. The van der Waals surface area contributed by atoms with Crippen LogP contribution in [0.2, 0.25) is 0 Å². The Morgan fingerprint density at radius 3 is 2.62 bits per heavy atom. The average Bonchev–Trinajstić information content (AvgIpc) is 2.62. The molecular weight excluding hydrogens is 306 g/mol. The largest absolute Gasteiger partial charge is 0.451 e. The standard InChI is InChI=1S/C18H29N3O3/c1-3-21-12-8-5-9-15(21)17(23)24-14(2)16(22)20-18(13-19)10-6-4-7-11-18/h14-15H,3-12H2,1-2H3,(H,20,22). The van der Waals surface area contributed by atoms with Crippen LogP contribution in [0.15, 0.2) is 0 Å². The third-order valence-electron chi connectivity index (χ3n) is 5.24. The number of nitriles is 1. The van der Waals surface area contributed by atoms with Gasteiger partial charge in [-0.1, -0.05) is 32.6 Å². The maximum Gasteiger partial charge on any atom is 0.324 e. The third-order valence-corrected chi connectivity index (χ3v) is 5.24. The maximum absolute atomic E-state index is 12.4. The molecule has 6 heteroatoms. The highest BCUT2D eigenvalue weighted by Crippen LogP contribution is 2.27. The van der Waals surface area contributed by atoms with E-state index in [9.17, 15) is 14.9 Å². The number of esters is 1. The van der Waals surface area contributed by atoms with E-state index in [-0.39, 0.29) is 17.9 Å². The number of ether oxygens (including phenoxy) is 1. The molecule has 0 aromatic rings. The number of amides is 1. The highest BCUT2D eigenvalue weighted by Gasteiger charge is 2.36. The minimum Gasteiger partial charge on any atom is -0.451 e. The summed E-state index contributed by atoms with van der Waals surface area (Å²) in [4.78, 5) is 26.9. The van der Waals surface area contributed by atoms with Crippen LogP contribution in [0.5, 0.6) is 0 Å². The van der Waals surface area contributed by atoms with E-state index in [0.717, 1.165) is 51.6 Å². The zero-order valence-corrected chi connectivity index (χ0v) is 14.8. The van der Waals surface area contributed by atoms with Crippen molar-refractivity contribution in [2.45, 2.75) is 82.9 Å². The van der Waals surface area contributed by atoms with E-state index in [1.54, 1.807) is 6.92 Å². The number of likely N-dealkylation sites (N-methyl/N-ethyl adjacent to an activating group) is 1. The molecule has 0 aromatic heterocycles. The van der Waals surface area contributed by atoms with Gasteiger partial charge in [0.15, 0.2) is 6.10 Å². The molecule has 1 N–H and O–H groups in total. The lowest BCUT2D eigenvalue weighted by atomic mass is 9.83. The zero-order valence-electron chi connectivity index (χ0n) is 14.8. The van der Waals surface area contributed by atoms with Crippen molar-refractivity contribution in [3.63, 3.8) is 0 Å². The van der Waals surface area contributed by atoms with Crippen LogP contribution in [-0.4, -0.2) is 47.6 Å². The van der Waals surface area contributed by atoms with E-state index in [0.29, 0.717) is 12.8 Å². The first kappa shape index (κ1) is 18.7. The predicted molar refractivity (Wildman–Crippen MR) is 90.0 cm³/mol. The fourth-order valence-corrected chi connectivity index (χ4v) is 3.70. The van der Waals surface area contributed by atoms with E-state index < -0.39 is 11.6 Å². The van der Waals surface area contributed by atoms with Gasteiger partial charge < -0.3 is 10.1 Å². The Morgan fingerprint density at radius 2 is 2.00 bits per heavy atom. The molecule has 1 heterocycles. The normalized spacial score (nSPS) is 25.3. The monoisotopic (exact) mass is 335 g/mol. The molecule has 0 bridgehead atoms. The number of rotatable bonds is 5. The number of piperidine rings is 1. The van der Waals surface area contributed by atoms with Crippen molar-refractivity contribution in [3.05, 3.63) is 0 Å². The summed E-state index contributed by atoms with van der Waals surface area (Å²) in [7, 11) is 0. The molecule has 1 saturated carbocycles. The van der Waals surface area contributed by atoms with Gasteiger partial charge in [-0.05, 0) is 45.7 Å². The number of hydrogen-bond donors (Lipinski definition) is 1. The van der Waals surface area contributed by atoms with Gasteiger partial charge in [0.25, 0.3) is 5.91 Å². The molecule has 0 radical (unpaired) electrons. The summed E-state index contributed by atoms with van der Waals surface area (Å²) in [6, 6.07) is 2.00. The zero-order chi connectivity index (χ0) is 17.6. The van der Waals surface area contributed by atoms with Crippen LogP contribution in [0.25, 0.3) is 0 Å². The Morgan fingerprint density at radius 1 is 1.29 bits per heavy atom. The van der Waals surface area contributed by atoms with E-state index in [4.69, 9.17) is 4.74 Å². The third kappa shape index (κ3) is 4.47. The van der Waals surface area contributed by atoms with Gasteiger partial charge >= 0.3 is 5.97 Å². The minimum atomic E-state index is -0.870. The molecule has 134 valence electrons. The Labute approximate surface area is 144 Å². The lowest BCUT2D eigenvalue weighted by molar-refractivity contribution is -0.161. The second-order valence-electron chi connectivity index (χ2n) is 6.96. The van der Waals surface area contributed by atoms with Crippen molar-refractivity contribution in [2.24, 2.45) is 0 Å². The summed E-state index contributed by atoms with van der Waals surface area (Å²) in [5.74, 6) is -0.695. The molecule has 1 aliphatic heterocycles. The lowest BCUT2D eigenvalue weighted by Gasteiger charge is -2.34. The van der Waals surface area contributed by atoms with Gasteiger partial charge in [-0.3, -0.25) is 14.5 Å². The van der Waals surface area contributed by atoms with Gasteiger partial charge in [-0.15, -0.1) is 0 Å². The second kappa shape index (κ2) is 8.48.